The Kier molecular flexibility index (Phi) is 6.02. The first-order valence-corrected chi connectivity index (χ1v) is 12.0. The summed E-state index contributed by atoms with van der Waals surface area (Å²) in [6.45, 7) is 3.98. The molecular weight excluding hydrogens is 414 g/mol. The number of rotatable bonds is 5. The molecule has 1 N–H and O–H groups in total. The Morgan fingerprint density at radius 3 is 2.70 bits per heavy atom. The SMILES string of the molecule is CCO[C@@H]1[C@@H](NC(=O)c2cccnc2)c2ccccc2C12CCN(C(=O)C1=CCCC1)CC2. The lowest BCUT2D eigenvalue weighted by atomic mass is 9.71. The van der Waals surface area contributed by atoms with Gasteiger partial charge in [-0.1, -0.05) is 30.3 Å². The number of likely N-dealkylation sites (tertiary alicyclic amines) is 1. The van der Waals surface area contributed by atoms with Gasteiger partial charge < -0.3 is 15.0 Å². The number of benzene rings is 1. The maximum absolute atomic E-state index is 13.1. The van der Waals surface area contributed by atoms with Gasteiger partial charge >= 0.3 is 0 Å². The molecule has 2 aliphatic carbocycles. The van der Waals surface area contributed by atoms with E-state index < -0.39 is 0 Å². The Balaban J connectivity index is 1.42. The first-order valence-electron chi connectivity index (χ1n) is 12.0. The fraction of sp³-hybridized carbons (Fsp3) is 0.444. The number of piperidine rings is 1. The largest absolute Gasteiger partial charge is 0.375 e. The highest BCUT2D eigenvalue weighted by Gasteiger charge is 2.54. The molecule has 3 aliphatic rings. The number of carbonyl (C=O) groups excluding carboxylic acids is 2. The molecule has 6 heteroatoms. The van der Waals surface area contributed by atoms with Gasteiger partial charge in [0.05, 0.1) is 17.7 Å². The minimum absolute atomic E-state index is 0.148. The fourth-order valence-electron chi connectivity index (χ4n) is 5.90. The van der Waals surface area contributed by atoms with Crippen LogP contribution in [0, 0.1) is 0 Å². The van der Waals surface area contributed by atoms with Gasteiger partial charge in [-0.25, -0.2) is 0 Å². The van der Waals surface area contributed by atoms with Crippen molar-refractivity contribution in [1.82, 2.24) is 15.2 Å². The van der Waals surface area contributed by atoms with Crippen molar-refractivity contribution >= 4 is 11.8 Å². The molecule has 1 saturated heterocycles. The van der Waals surface area contributed by atoms with Gasteiger partial charge in [-0.05, 0) is 62.3 Å². The molecule has 2 heterocycles. The summed E-state index contributed by atoms with van der Waals surface area (Å²) in [6.07, 6.45) is 9.81. The summed E-state index contributed by atoms with van der Waals surface area (Å²) in [7, 11) is 0. The third-order valence-electron chi connectivity index (χ3n) is 7.49. The minimum Gasteiger partial charge on any atom is -0.375 e. The predicted molar refractivity (Wildman–Crippen MR) is 126 cm³/mol. The molecule has 0 radical (unpaired) electrons. The van der Waals surface area contributed by atoms with Crippen LogP contribution in [0.5, 0.6) is 0 Å². The van der Waals surface area contributed by atoms with E-state index in [1.54, 1.807) is 24.5 Å². The summed E-state index contributed by atoms with van der Waals surface area (Å²) in [5.74, 6) is 0.0495. The first kappa shape index (κ1) is 21.8. The smallest absolute Gasteiger partial charge is 0.253 e. The molecule has 0 bridgehead atoms. The second-order valence-electron chi connectivity index (χ2n) is 9.23. The van der Waals surface area contributed by atoms with Gasteiger partial charge in [0.2, 0.25) is 5.91 Å². The van der Waals surface area contributed by atoms with Crippen LogP contribution in [0.2, 0.25) is 0 Å². The molecule has 1 spiro atoms. The average Bonchev–Trinajstić information content (AvgIpc) is 3.48. The zero-order valence-electron chi connectivity index (χ0n) is 19.1. The van der Waals surface area contributed by atoms with E-state index in [1.807, 2.05) is 17.9 Å². The third kappa shape index (κ3) is 3.86. The van der Waals surface area contributed by atoms with E-state index in [2.05, 4.69) is 34.6 Å². The standard InChI is InChI=1S/C27H31N3O3/c1-2-33-24-23(29-25(31)20-10-7-15-28-18-20)21-11-5-6-12-22(21)27(24)13-16-30(17-14-27)26(32)19-8-3-4-9-19/h5-8,10-12,15,18,23-24H,2-4,9,13-14,16-17H2,1H3,(H,29,31)/t23-,24+/m0/s1. The van der Waals surface area contributed by atoms with Crippen molar-refractivity contribution in [3.8, 4) is 0 Å². The van der Waals surface area contributed by atoms with Crippen molar-refractivity contribution in [3.05, 3.63) is 77.1 Å². The number of nitrogens with zero attached hydrogens (tertiary/aromatic N) is 2. The molecule has 172 valence electrons. The van der Waals surface area contributed by atoms with Crippen LogP contribution in [0.3, 0.4) is 0 Å². The summed E-state index contributed by atoms with van der Waals surface area (Å²) in [5.41, 5.74) is 3.65. The lowest BCUT2D eigenvalue weighted by Crippen LogP contribution is -2.52. The van der Waals surface area contributed by atoms with E-state index in [4.69, 9.17) is 4.74 Å². The fourth-order valence-corrected chi connectivity index (χ4v) is 5.90. The zero-order chi connectivity index (χ0) is 22.8. The average molecular weight is 446 g/mol. The highest BCUT2D eigenvalue weighted by Crippen LogP contribution is 2.52. The van der Waals surface area contributed by atoms with Crippen molar-refractivity contribution in [2.45, 2.75) is 56.6 Å². The van der Waals surface area contributed by atoms with Crippen molar-refractivity contribution in [3.63, 3.8) is 0 Å². The van der Waals surface area contributed by atoms with Crippen LogP contribution in [0.4, 0.5) is 0 Å². The van der Waals surface area contributed by atoms with Gasteiger partial charge in [0.1, 0.15) is 0 Å². The predicted octanol–water partition coefficient (Wildman–Crippen LogP) is 3.94. The molecule has 1 aromatic heterocycles. The van der Waals surface area contributed by atoms with E-state index in [1.165, 1.54) is 5.56 Å². The van der Waals surface area contributed by atoms with E-state index >= 15 is 0 Å². The summed E-state index contributed by atoms with van der Waals surface area (Å²) in [6, 6.07) is 11.7. The van der Waals surface area contributed by atoms with E-state index in [0.29, 0.717) is 25.3 Å². The second kappa shape index (κ2) is 9.10. The molecular formula is C27H31N3O3. The van der Waals surface area contributed by atoms with Gasteiger partial charge in [0.25, 0.3) is 5.91 Å². The number of fused-ring (bicyclic) bond motifs is 2. The van der Waals surface area contributed by atoms with Gasteiger partial charge in [-0.15, -0.1) is 0 Å². The van der Waals surface area contributed by atoms with Crippen LogP contribution in [0.15, 0.2) is 60.4 Å². The number of pyridine rings is 1. The highest BCUT2D eigenvalue weighted by molar-refractivity contribution is 5.94. The van der Waals surface area contributed by atoms with Gasteiger partial charge in [0, 0.05) is 43.1 Å². The highest BCUT2D eigenvalue weighted by atomic mass is 16.5. The number of amides is 2. The monoisotopic (exact) mass is 445 g/mol. The zero-order valence-corrected chi connectivity index (χ0v) is 19.1. The molecule has 0 saturated carbocycles. The number of aromatic nitrogens is 1. The Hall–Kier alpha value is -2.99. The number of allylic oxidation sites excluding steroid dienone is 1. The lowest BCUT2D eigenvalue weighted by Gasteiger charge is -2.44. The number of ether oxygens (including phenoxy) is 1. The topological polar surface area (TPSA) is 71.5 Å². The first-order chi connectivity index (χ1) is 16.1. The molecule has 2 amide bonds. The summed E-state index contributed by atoms with van der Waals surface area (Å²) >= 11 is 0. The molecule has 6 nitrogen and oxygen atoms in total. The summed E-state index contributed by atoms with van der Waals surface area (Å²) < 4.78 is 6.38. The Morgan fingerprint density at radius 1 is 1.18 bits per heavy atom. The van der Waals surface area contributed by atoms with Crippen LogP contribution in [0.25, 0.3) is 0 Å². The second-order valence-corrected chi connectivity index (χ2v) is 9.23. The normalized spacial score (nSPS) is 23.3. The molecule has 1 aliphatic heterocycles. The van der Waals surface area contributed by atoms with Crippen molar-refractivity contribution < 1.29 is 14.3 Å². The molecule has 5 rings (SSSR count). The van der Waals surface area contributed by atoms with Gasteiger partial charge in [0.15, 0.2) is 0 Å². The minimum atomic E-state index is -0.242. The van der Waals surface area contributed by atoms with Gasteiger partial charge in [-0.2, -0.15) is 0 Å². The van der Waals surface area contributed by atoms with Gasteiger partial charge in [-0.3, -0.25) is 14.6 Å². The van der Waals surface area contributed by atoms with E-state index in [-0.39, 0.29) is 29.4 Å². The van der Waals surface area contributed by atoms with Crippen LogP contribution < -0.4 is 5.32 Å². The van der Waals surface area contributed by atoms with Crippen molar-refractivity contribution in [1.29, 1.82) is 0 Å². The number of nitrogens with one attached hydrogen (secondary N) is 1. The van der Waals surface area contributed by atoms with Crippen LogP contribution in [-0.4, -0.2) is 47.5 Å². The Bertz CT molecular complexity index is 1060. The maximum Gasteiger partial charge on any atom is 0.253 e. The van der Waals surface area contributed by atoms with Crippen molar-refractivity contribution in [2.75, 3.05) is 19.7 Å². The molecule has 1 fully saturated rings. The van der Waals surface area contributed by atoms with Crippen molar-refractivity contribution in [2.24, 2.45) is 0 Å². The summed E-state index contributed by atoms with van der Waals surface area (Å²) in [5, 5.41) is 3.24. The lowest BCUT2D eigenvalue weighted by molar-refractivity contribution is -0.130. The van der Waals surface area contributed by atoms with Crippen LogP contribution in [0.1, 0.15) is 66.6 Å². The van der Waals surface area contributed by atoms with E-state index in [0.717, 1.165) is 43.2 Å². The number of hydrogen-bond donors (Lipinski definition) is 1. The third-order valence-corrected chi connectivity index (χ3v) is 7.49. The molecule has 2 atom stereocenters. The van der Waals surface area contributed by atoms with E-state index in [9.17, 15) is 9.59 Å². The molecule has 0 unspecified atom stereocenters. The molecule has 1 aromatic carbocycles. The number of carbonyl (C=O) groups is 2. The molecule has 33 heavy (non-hydrogen) atoms. The number of hydrogen-bond acceptors (Lipinski definition) is 4. The van der Waals surface area contributed by atoms with Crippen LogP contribution in [-0.2, 0) is 14.9 Å². The van der Waals surface area contributed by atoms with Crippen LogP contribution >= 0.6 is 0 Å². The Labute approximate surface area is 195 Å². The maximum atomic E-state index is 13.1. The quantitative estimate of drug-likeness (QED) is 0.757. The summed E-state index contributed by atoms with van der Waals surface area (Å²) in [4.78, 5) is 32.1. The Morgan fingerprint density at radius 2 is 2.00 bits per heavy atom. The molecule has 2 aromatic rings.